The van der Waals surface area contributed by atoms with Crippen LogP contribution in [0, 0.1) is 0 Å². The summed E-state index contributed by atoms with van der Waals surface area (Å²) in [5.41, 5.74) is 4.25. The fourth-order valence-electron chi connectivity index (χ4n) is 2.30. The Labute approximate surface area is 122 Å². The van der Waals surface area contributed by atoms with Crippen LogP contribution in [0.25, 0.3) is 16.7 Å². The molecule has 0 atom stereocenters. The fourth-order valence-corrected chi connectivity index (χ4v) is 2.30. The first-order valence-electron chi connectivity index (χ1n) is 7.00. The predicted molar refractivity (Wildman–Crippen MR) is 80.7 cm³/mol. The molecule has 3 aromatic rings. The molecule has 0 unspecified atom stereocenters. The molecule has 21 heavy (non-hydrogen) atoms. The van der Waals surface area contributed by atoms with Crippen molar-refractivity contribution in [3.63, 3.8) is 0 Å². The second-order valence-corrected chi connectivity index (χ2v) is 4.96. The van der Waals surface area contributed by atoms with E-state index in [0.717, 1.165) is 23.0 Å². The molecule has 0 aliphatic carbocycles. The number of fused-ring (bicyclic) bond motifs is 1. The number of rotatable bonds is 4. The summed E-state index contributed by atoms with van der Waals surface area (Å²) in [5, 5.41) is 27.9. The van der Waals surface area contributed by atoms with E-state index in [4.69, 9.17) is 5.11 Å². The molecule has 5 heteroatoms. The highest BCUT2D eigenvalue weighted by molar-refractivity contribution is 5.74. The molecule has 0 saturated carbocycles. The molecular weight excluding hydrogens is 266 g/mol. The Bertz CT molecular complexity index is 780. The minimum absolute atomic E-state index is 0.0680. The van der Waals surface area contributed by atoms with Crippen LogP contribution in [0.4, 0.5) is 0 Å². The first kappa shape index (κ1) is 13.6. The van der Waals surface area contributed by atoms with Gasteiger partial charge >= 0.3 is 0 Å². The van der Waals surface area contributed by atoms with Gasteiger partial charge in [-0.1, -0.05) is 19.1 Å². The molecule has 0 bridgehead atoms. The zero-order chi connectivity index (χ0) is 14.8. The number of aliphatic hydroxyl groups is 1. The lowest BCUT2D eigenvalue weighted by Gasteiger charge is -2.05. The van der Waals surface area contributed by atoms with Gasteiger partial charge in [0.25, 0.3) is 0 Å². The van der Waals surface area contributed by atoms with E-state index in [1.165, 1.54) is 10.4 Å². The molecule has 1 heterocycles. The number of aryl methyl sites for hydroxylation is 1. The van der Waals surface area contributed by atoms with Gasteiger partial charge in [0.1, 0.15) is 22.5 Å². The Morgan fingerprint density at radius 3 is 2.52 bits per heavy atom. The molecule has 0 amide bonds. The van der Waals surface area contributed by atoms with Crippen molar-refractivity contribution in [3.8, 4) is 11.4 Å². The van der Waals surface area contributed by atoms with Crippen molar-refractivity contribution in [2.75, 3.05) is 6.61 Å². The number of benzene rings is 2. The zero-order valence-corrected chi connectivity index (χ0v) is 11.8. The van der Waals surface area contributed by atoms with Crippen LogP contribution in [0.15, 0.2) is 36.4 Å². The van der Waals surface area contributed by atoms with Crippen LogP contribution in [-0.4, -0.2) is 31.8 Å². The van der Waals surface area contributed by atoms with Gasteiger partial charge in [0.15, 0.2) is 0 Å². The Morgan fingerprint density at radius 1 is 1.00 bits per heavy atom. The number of aromatic nitrogens is 3. The predicted octanol–water partition coefficient (Wildman–Crippen LogP) is 2.22. The van der Waals surface area contributed by atoms with Gasteiger partial charge in [-0.05, 0) is 48.2 Å². The highest BCUT2D eigenvalue weighted by Gasteiger charge is 2.10. The second-order valence-electron chi connectivity index (χ2n) is 4.96. The monoisotopic (exact) mass is 283 g/mol. The van der Waals surface area contributed by atoms with Crippen LogP contribution in [0.2, 0.25) is 0 Å². The minimum atomic E-state index is 0.0680. The standard InChI is InChI=1S/C16H17N3O2/c1-2-11-3-5-13-14(9-11)18-19(17-13)15-10-12(7-8-20)4-6-16(15)21/h3-6,9-10,20-21H,2,7-8H2,1H3. The van der Waals surface area contributed by atoms with Crippen LogP contribution in [0.5, 0.6) is 5.75 Å². The van der Waals surface area contributed by atoms with Crippen molar-refractivity contribution in [2.24, 2.45) is 0 Å². The molecule has 0 radical (unpaired) electrons. The molecule has 1 aromatic heterocycles. The highest BCUT2D eigenvalue weighted by atomic mass is 16.3. The Hall–Kier alpha value is -2.40. The molecular formula is C16H17N3O2. The molecule has 2 aromatic carbocycles. The zero-order valence-electron chi connectivity index (χ0n) is 11.8. The summed E-state index contributed by atoms with van der Waals surface area (Å²) in [5.74, 6) is 0.118. The minimum Gasteiger partial charge on any atom is -0.506 e. The van der Waals surface area contributed by atoms with E-state index in [1.807, 2.05) is 18.2 Å². The molecule has 0 aliphatic rings. The molecule has 3 rings (SSSR count). The van der Waals surface area contributed by atoms with E-state index in [9.17, 15) is 5.11 Å². The Morgan fingerprint density at radius 2 is 1.76 bits per heavy atom. The van der Waals surface area contributed by atoms with Crippen molar-refractivity contribution < 1.29 is 10.2 Å². The lowest BCUT2D eigenvalue weighted by molar-refractivity contribution is 0.299. The molecule has 0 spiro atoms. The van der Waals surface area contributed by atoms with E-state index < -0.39 is 0 Å². The Kier molecular flexibility index (Phi) is 3.58. The smallest absolute Gasteiger partial charge is 0.143 e. The normalized spacial score (nSPS) is 11.1. The van der Waals surface area contributed by atoms with Crippen LogP contribution in [0.1, 0.15) is 18.1 Å². The first-order chi connectivity index (χ1) is 10.2. The van der Waals surface area contributed by atoms with Crippen molar-refractivity contribution in [1.82, 2.24) is 15.0 Å². The van der Waals surface area contributed by atoms with Gasteiger partial charge in [-0.2, -0.15) is 0 Å². The van der Waals surface area contributed by atoms with Crippen molar-refractivity contribution >= 4 is 11.0 Å². The number of aromatic hydroxyl groups is 1. The van der Waals surface area contributed by atoms with Crippen molar-refractivity contribution in [1.29, 1.82) is 0 Å². The molecule has 5 nitrogen and oxygen atoms in total. The van der Waals surface area contributed by atoms with Gasteiger partial charge in [0, 0.05) is 6.61 Å². The van der Waals surface area contributed by atoms with E-state index in [-0.39, 0.29) is 12.4 Å². The summed E-state index contributed by atoms with van der Waals surface area (Å²) in [6.45, 7) is 2.16. The molecule has 2 N–H and O–H groups in total. The maximum Gasteiger partial charge on any atom is 0.143 e. The number of phenolic OH excluding ortho intramolecular Hbond substituents is 1. The van der Waals surface area contributed by atoms with Gasteiger partial charge in [0.05, 0.1) is 0 Å². The first-order valence-corrected chi connectivity index (χ1v) is 7.00. The lowest BCUT2D eigenvalue weighted by atomic mass is 10.1. The quantitative estimate of drug-likeness (QED) is 0.770. The molecule has 108 valence electrons. The topological polar surface area (TPSA) is 71.2 Å². The van der Waals surface area contributed by atoms with E-state index in [0.29, 0.717) is 12.1 Å². The number of hydrogen-bond acceptors (Lipinski definition) is 4. The van der Waals surface area contributed by atoms with Crippen LogP contribution in [-0.2, 0) is 12.8 Å². The third kappa shape index (κ3) is 2.60. The van der Waals surface area contributed by atoms with Crippen LogP contribution in [0.3, 0.4) is 0 Å². The molecule has 0 saturated heterocycles. The second kappa shape index (κ2) is 5.54. The third-order valence-electron chi connectivity index (χ3n) is 3.51. The average Bonchev–Trinajstić information content (AvgIpc) is 2.92. The van der Waals surface area contributed by atoms with Crippen LogP contribution >= 0.6 is 0 Å². The van der Waals surface area contributed by atoms with Crippen molar-refractivity contribution in [2.45, 2.75) is 19.8 Å². The average molecular weight is 283 g/mol. The highest BCUT2D eigenvalue weighted by Crippen LogP contribution is 2.23. The number of hydrogen-bond donors (Lipinski definition) is 2. The summed E-state index contributed by atoms with van der Waals surface area (Å²) in [7, 11) is 0. The summed E-state index contributed by atoms with van der Waals surface area (Å²) < 4.78 is 0. The van der Waals surface area contributed by atoms with Gasteiger partial charge in [-0.3, -0.25) is 0 Å². The van der Waals surface area contributed by atoms with Gasteiger partial charge in [-0.15, -0.1) is 15.0 Å². The van der Waals surface area contributed by atoms with Crippen LogP contribution < -0.4 is 0 Å². The van der Waals surface area contributed by atoms with Gasteiger partial charge < -0.3 is 10.2 Å². The largest absolute Gasteiger partial charge is 0.506 e. The maximum absolute atomic E-state index is 10.0. The maximum atomic E-state index is 10.0. The van der Waals surface area contributed by atoms with Crippen molar-refractivity contribution in [3.05, 3.63) is 47.5 Å². The number of nitrogens with zero attached hydrogens (tertiary/aromatic N) is 3. The summed E-state index contributed by atoms with van der Waals surface area (Å²) in [6.07, 6.45) is 1.48. The number of aliphatic hydroxyl groups excluding tert-OH is 1. The summed E-state index contributed by atoms with van der Waals surface area (Å²) in [6, 6.07) is 11.2. The summed E-state index contributed by atoms with van der Waals surface area (Å²) in [4.78, 5) is 1.44. The fraction of sp³-hybridized carbons (Fsp3) is 0.250. The van der Waals surface area contributed by atoms with E-state index >= 15 is 0 Å². The lowest BCUT2D eigenvalue weighted by Crippen LogP contribution is -2.01. The van der Waals surface area contributed by atoms with Gasteiger partial charge in [0.2, 0.25) is 0 Å². The molecule has 0 aliphatic heterocycles. The third-order valence-corrected chi connectivity index (χ3v) is 3.51. The van der Waals surface area contributed by atoms with E-state index in [2.05, 4.69) is 17.1 Å². The summed E-state index contributed by atoms with van der Waals surface area (Å²) >= 11 is 0. The molecule has 0 fully saturated rings. The number of phenols is 1. The van der Waals surface area contributed by atoms with Gasteiger partial charge in [-0.25, -0.2) is 0 Å². The SMILES string of the molecule is CCc1ccc2nn(-c3cc(CCO)ccc3O)nc2c1. The Balaban J connectivity index is 2.09. The van der Waals surface area contributed by atoms with E-state index in [1.54, 1.807) is 18.2 Å².